The van der Waals surface area contributed by atoms with Gasteiger partial charge in [-0.3, -0.25) is 14.2 Å². The highest BCUT2D eigenvalue weighted by Gasteiger charge is 2.16. The number of fused-ring (bicyclic) bond motifs is 1. The van der Waals surface area contributed by atoms with Gasteiger partial charge in [0.05, 0.1) is 13.3 Å². The molecule has 1 amide bonds. The number of anilines is 1. The Morgan fingerprint density at radius 3 is 2.84 bits per heavy atom. The molecule has 0 saturated carbocycles. The van der Waals surface area contributed by atoms with E-state index in [1.54, 1.807) is 42.1 Å². The molecule has 0 fully saturated rings. The predicted octanol–water partition coefficient (Wildman–Crippen LogP) is 4.02. The molecule has 9 heteroatoms. The first-order chi connectivity index (χ1) is 15.6. The second kappa shape index (κ2) is 7.95. The summed E-state index contributed by atoms with van der Waals surface area (Å²) in [6.07, 6.45) is 4.94. The summed E-state index contributed by atoms with van der Waals surface area (Å²) >= 11 is 0. The highest BCUT2D eigenvalue weighted by Crippen LogP contribution is 2.26. The molecule has 5 aromatic rings. The number of pyridine rings is 2. The smallest absolute Gasteiger partial charge is 0.276 e. The van der Waals surface area contributed by atoms with E-state index >= 15 is 0 Å². The molecule has 0 atom stereocenters. The molecule has 4 heterocycles. The van der Waals surface area contributed by atoms with Gasteiger partial charge in [-0.1, -0.05) is 23.4 Å². The normalized spacial score (nSPS) is 10.9. The van der Waals surface area contributed by atoms with Gasteiger partial charge in [-0.15, -0.1) is 0 Å². The van der Waals surface area contributed by atoms with E-state index in [0.717, 1.165) is 5.56 Å². The van der Waals surface area contributed by atoms with Crippen molar-refractivity contribution in [3.63, 3.8) is 0 Å². The molecular weight excluding hydrogens is 408 g/mol. The Morgan fingerprint density at radius 2 is 2.03 bits per heavy atom. The van der Waals surface area contributed by atoms with E-state index in [1.807, 2.05) is 37.3 Å². The second-order valence-electron chi connectivity index (χ2n) is 7.06. The number of nitrogens with one attached hydrogen (secondary N) is 1. The topological polar surface area (TPSA) is 107 Å². The summed E-state index contributed by atoms with van der Waals surface area (Å²) < 4.78 is 12.3. The van der Waals surface area contributed by atoms with Crippen molar-refractivity contribution in [1.29, 1.82) is 0 Å². The monoisotopic (exact) mass is 426 g/mol. The lowest BCUT2D eigenvalue weighted by molar-refractivity contribution is 0.102. The molecule has 0 aliphatic carbocycles. The Balaban J connectivity index is 1.42. The minimum Gasteiger partial charge on any atom is -0.497 e. The summed E-state index contributed by atoms with van der Waals surface area (Å²) in [5, 5.41) is 7.01. The summed E-state index contributed by atoms with van der Waals surface area (Å²) in [6.45, 7) is 1.91. The Kier molecular flexibility index (Phi) is 4.83. The maximum Gasteiger partial charge on any atom is 0.276 e. The van der Waals surface area contributed by atoms with Crippen LogP contribution in [0.2, 0.25) is 0 Å². The van der Waals surface area contributed by atoms with Gasteiger partial charge in [0.2, 0.25) is 5.82 Å². The van der Waals surface area contributed by atoms with Crippen LogP contribution in [0.15, 0.2) is 71.6 Å². The van der Waals surface area contributed by atoms with Crippen LogP contribution in [0.4, 0.5) is 5.69 Å². The number of carbonyl (C=O) groups excluding carboxylic acids is 1. The standard InChI is InChI=1S/C23H18N6O3/c1-14-6-7-15(21-27-23(32-28-21)17-5-3-4-9-24-17)11-18(14)26-22(30)19-13-25-20-12-16(31-2)8-10-29(19)20/h3-13H,1-2H3,(H,26,30). The van der Waals surface area contributed by atoms with Crippen molar-refractivity contribution in [3.8, 4) is 28.7 Å². The summed E-state index contributed by atoms with van der Waals surface area (Å²) in [6, 6.07) is 14.6. The van der Waals surface area contributed by atoms with Crippen molar-refractivity contribution >= 4 is 17.2 Å². The molecule has 4 aromatic heterocycles. The lowest BCUT2D eigenvalue weighted by Crippen LogP contribution is -2.15. The lowest BCUT2D eigenvalue weighted by atomic mass is 10.1. The van der Waals surface area contributed by atoms with Crippen LogP contribution in [0.25, 0.3) is 28.6 Å². The lowest BCUT2D eigenvalue weighted by Gasteiger charge is -2.09. The van der Waals surface area contributed by atoms with Crippen molar-refractivity contribution in [2.75, 3.05) is 12.4 Å². The number of carbonyl (C=O) groups is 1. The van der Waals surface area contributed by atoms with Crippen LogP contribution in [0.3, 0.4) is 0 Å². The van der Waals surface area contributed by atoms with Gasteiger partial charge in [0, 0.05) is 29.7 Å². The first-order valence-electron chi connectivity index (χ1n) is 9.81. The fourth-order valence-corrected chi connectivity index (χ4v) is 3.27. The summed E-state index contributed by atoms with van der Waals surface area (Å²) in [5.74, 6) is 1.12. The molecule has 5 rings (SSSR count). The number of hydrogen-bond donors (Lipinski definition) is 1. The van der Waals surface area contributed by atoms with Crippen LogP contribution < -0.4 is 10.1 Å². The Hall–Kier alpha value is -4.53. The number of aryl methyl sites for hydroxylation is 1. The predicted molar refractivity (Wildman–Crippen MR) is 117 cm³/mol. The highest BCUT2D eigenvalue weighted by molar-refractivity contribution is 6.04. The van der Waals surface area contributed by atoms with Crippen molar-refractivity contribution in [2.24, 2.45) is 0 Å². The average molecular weight is 426 g/mol. The molecule has 1 aromatic carbocycles. The number of aromatic nitrogens is 5. The zero-order valence-corrected chi connectivity index (χ0v) is 17.3. The van der Waals surface area contributed by atoms with Gasteiger partial charge in [0.25, 0.3) is 11.8 Å². The number of methoxy groups -OCH3 is 1. The number of amides is 1. The molecule has 0 aliphatic heterocycles. The quantitative estimate of drug-likeness (QED) is 0.452. The molecule has 0 saturated heterocycles. The molecule has 0 spiro atoms. The van der Waals surface area contributed by atoms with Crippen LogP contribution >= 0.6 is 0 Å². The van der Waals surface area contributed by atoms with E-state index in [9.17, 15) is 4.79 Å². The van der Waals surface area contributed by atoms with Gasteiger partial charge < -0.3 is 14.6 Å². The second-order valence-corrected chi connectivity index (χ2v) is 7.06. The average Bonchev–Trinajstić information content (AvgIpc) is 3.48. The van der Waals surface area contributed by atoms with Crippen molar-refractivity contribution in [3.05, 3.63) is 78.4 Å². The van der Waals surface area contributed by atoms with Gasteiger partial charge in [-0.05, 0) is 36.8 Å². The van der Waals surface area contributed by atoms with Gasteiger partial charge in [0.15, 0.2) is 0 Å². The van der Waals surface area contributed by atoms with E-state index < -0.39 is 0 Å². The Labute approximate surface area is 182 Å². The SMILES string of the molecule is COc1ccn2c(C(=O)Nc3cc(-c4noc(-c5ccccn5)n4)ccc3C)cnc2c1. The zero-order chi connectivity index (χ0) is 22.1. The van der Waals surface area contributed by atoms with Gasteiger partial charge in [0.1, 0.15) is 22.8 Å². The molecule has 9 nitrogen and oxygen atoms in total. The number of ether oxygens (including phenoxy) is 1. The van der Waals surface area contributed by atoms with Gasteiger partial charge >= 0.3 is 0 Å². The van der Waals surface area contributed by atoms with E-state index in [1.165, 1.54) is 6.20 Å². The largest absolute Gasteiger partial charge is 0.497 e. The maximum atomic E-state index is 13.0. The fraction of sp³-hybridized carbons (Fsp3) is 0.0870. The van der Waals surface area contributed by atoms with Crippen LogP contribution in [-0.2, 0) is 0 Å². The third-order valence-corrected chi connectivity index (χ3v) is 5.01. The van der Waals surface area contributed by atoms with Crippen LogP contribution in [0.5, 0.6) is 5.75 Å². The summed E-state index contributed by atoms with van der Waals surface area (Å²) in [7, 11) is 1.58. The first-order valence-corrected chi connectivity index (χ1v) is 9.81. The molecule has 0 bridgehead atoms. The summed E-state index contributed by atoms with van der Waals surface area (Å²) in [4.78, 5) is 25.9. The van der Waals surface area contributed by atoms with Gasteiger partial charge in [-0.2, -0.15) is 4.98 Å². The van der Waals surface area contributed by atoms with E-state index in [-0.39, 0.29) is 5.91 Å². The third-order valence-electron chi connectivity index (χ3n) is 5.01. The van der Waals surface area contributed by atoms with Gasteiger partial charge in [-0.25, -0.2) is 4.98 Å². The molecule has 32 heavy (non-hydrogen) atoms. The van der Waals surface area contributed by atoms with E-state index in [0.29, 0.717) is 45.8 Å². The highest BCUT2D eigenvalue weighted by atomic mass is 16.5. The first kappa shape index (κ1) is 19.4. The Morgan fingerprint density at radius 1 is 1.12 bits per heavy atom. The number of hydrogen-bond acceptors (Lipinski definition) is 7. The molecule has 1 N–H and O–H groups in total. The molecule has 158 valence electrons. The van der Waals surface area contributed by atoms with Crippen LogP contribution in [0, 0.1) is 6.92 Å². The number of rotatable bonds is 5. The minimum atomic E-state index is -0.287. The molecule has 0 aliphatic rings. The number of benzene rings is 1. The zero-order valence-electron chi connectivity index (χ0n) is 17.3. The number of nitrogens with zero attached hydrogens (tertiary/aromatic N) is 5. The third kappa shape index (κ3) is 3.56. The van der Waals surface area contributed by atoms with Crippen LogP contribution in [0.1, 0.15) is 16.1 Å². The van der Waals surface area contributed by atoms with Crippen LogP contribution in [-0.4, -0.2) is 37.5 Å². The molecule has 0 unspecified atom stereocenters. The molecule has 0 radical (unpaired) electrons. The molecular formula is C23H18N6O3. The number of imidazole rings is 1. The van der Waals surface area contributed by atoms with Crippen molar-refractivity contribution in [2.45, 2.75) is 6.92 Å². The van der Waals surface area contributed by atoms with E-state index in [2.05, 4.69) is 25.4 Å². The Bertz CT molecular complexity index is 1420. The minimum absolute atomic E-state index is 0.287. The van der Waals surface area contributed by atoms with Crippen molar-refractivity contribution in [1.82, 2.24) is 24.5 Å². The van der Waals surface area contributed by atoms with Crippen molar-refractivity contribution < 1.29 is 14.1 Å². The fourth-order valence-electron chi connectivity index (χ4n) is 3.27. The maximum absolute atomic E-state index is 13.0. The summed E-state index contributed by atoms with van der Waals surface area (Å²) in [5.41, 5.74) is 3.86. The van der Waals surface area contributed by atoms with E-state index in [4.69, 9.17) is 9.26 Å².